The lowest BCUT2D eigenvalue weighted by Gasteiger charge is -1.99. The van der Waals surface area contributed by atoms with Gasteiger partial charge in [0.15, 0.2) is 0 Å². The standard InChI is InChI=1S/C9H12ClNO/c1-12-6-2-3-9-7-8(10)4-5-11-9/h4-5,7H,2-3,6H2,1H3. The van der Waals surface area contributed by atoms with E-state index in [4.69, 9.17) is 16.3 Å². The fraction of sp³-hybridized carbons (Fsp3) is 0.444. The Hall–Kier alpha value is -0.600. The quantitative estimate of drug-likeness (QED) is 0.672. The van der Waals surface area contributed by atoms with Gasteiger partial charge in [0.2, 0.25) is 0 Å². The van der Waals surface area contributed by atoms with Gasteiger partial charge in [0, 0.05) is 30.6 Å². The molecule has 66 valence electrons. The highest BCUT2D eigenvalue weighted by Gasteiger charge is 1.94. The molecule has 3 heteroatoms. The highest BCUT2D eigenvalue weighted by molar-refractivity contribution is 6.30. The third kappa shape index (κ3) is 3.20. The minimum absolute atomic E-state index is 0.748. The highest BCUT2D eigenvalue weighted by atomic mass is 35.5. The minimum atomic E-state index is 0.748. The van der Waals surface area contributed by atoms with Crippen LogP contribution in [-0.4, -0.2) is 18.7 Å². The second-order valence-corrected chi connectivity index (χ2v) is 3.00. The van der Waals surface area contributed by atoms with E-state index in [9.17, 15) is 0 Å². The van der Waals surface area contributed by atoms with Crippen LogP contribution in [0.3, 0.4) is 0 Å². The van der Waals surface area contributed by atoms with Crippen LogP contribution in [0.15, 0.2) is 18.3 Å². The van der Waals surface area contributed by atoms with Crippen molar-refractivity contribution in [2.24, 2.45) is 0 Å². The van der Waals surface area contributed by atoms with Gasteiger partial charge in [0.25, 0.3) is 0 Å². The highest BCUT2D eigenvalue weighted by Crippen LogP contribution is 2.09. The van der Waals surface area contributed by atoms with E-state index in [1.807, 2.05) is 6.07 Å². The fourth-order valence-electron chi connectivity index (χ4n) is 0.983. The molecule has 0 bridgehead atoms. The Kier molecular flexibility index (Phi) is 4.05. The Morgan fingerprint density at radius 3 is 3.08 bits per heavy atom. The summed E-state index contributed by atoms with van der Waals surface area (Å²) in [6.45, 7) is 0.772. The van der Waals surface area contributed by atoms with Crippen LogP contribution in [-0.2, 0) is 11.2 Å². The van der Waals surface area contributed by atoms with Crippen molar-refractivity contribution in [3.8, 4) is 0 Å². The molecule has 0 N–H and O–H groups in total. The van der Waals surface area contributed by atoms with Crippen LogP contribution >= 0.6 is 11.6 Å². The average Bonchev–Trinajstić information content (AvgIpc) is 2.05. The summed E-state index contributed by atoms with van der Waals surface area (Å²) >= 11 is 5.79. The molecule has 0 unspecified atom stereocenters. The van der Waals surface area contributed by atoms with Gasteiger partial charge >= 0.3 is 0 Å². The normalized spacial score (nSPS) is 10.2. The number of nitrogens with zero attached hydrogens (tertiary/aromatic N) is 1. The van der Waals surface area contributed by atoms with Crippen molar-refractivity contribution in [2.45, 2.75) is 12.8 Å². The van der Waals surface area contributed by atoms with Crippen molar-refractivity contribution in [1.29, 1.82) is 0 Å². The zero-order chi connectivity index (χ0) is 8.81. The second kappa shape index (κ2) is 5.12. The molecular formula is C9H12ClNO. The zero-order valence-corrected chi connectivity index (χ0v) is 7.84. The molecule has 0 saturated heterocycles. The average molecular weight is 186 g/mol. The van der Waals surface area contributed by atoms with E-state index in [2.05, 4.69) is 4.98 Å². The van der Waals surface area contributed by atoms with Crippen molar-refractivity contribution in [3.05, 3.63) is 29.0 Å². The molecular weight excluding hydrogens is 174 g/mol. The monoisotopic (exact) mass is 185 g/mol. The molecule has 0 aliphatic rings. The first-order chi connectivity index (χ1) is 5.83. The van der Waals surface area contributed by atoms with Gasteiger partial charge in [-0.05, 0) is 25.0 Å². The van der Waals surface area contributed by atoms with Gasteiger partial charge < -0.3 is 4.74 Å². The van der Waals surface area contributed by atoms with Crippen molar-refractivity contribution >= 4 is 11.6 Å². The van der Waals surface area contributed by atoms with E-state index in [0.717, 1.165) is 30.2 Å². The summed E-state index contributed by atoms with van der Waals surface area (Å²) in [5.74, 6) is 0. The number of aryl methyl sites for hydroxylation is 1. The Labute approximate surface area is 77.5 Å². The number of hydrogen-bond acceptors (Lipinski definition) is 2. The molecule has 0 radical (unpaired) electrons. The molecule has 1 rings (SSSR count). The number of pyridine rings is 1. The Balaban J connectivity index is 2.41. The summed E-state index contributed by atoms with van der Waals surface area (Å²) in [4.78, 5) is 4.17. The molecule has 0 aliphatic heterocycles. The molecule has 0 atom stereocenters. The molecule has 0 amide bonds. The largest absolute Gasteiger partial charge is 0.385 e. The predicted molar refractivity (Wildman–Crippen MR) is 49.4 cm³/mol. The summed E-state index contributed by atoms with van der Waals surface area (Å²) in [5.41, 5.74) is 1.03. The number of hydrogen-bond donors (Lipinski definition) is 0. The molecule has 12 heavy (non-hydrogen) atoms. The summed E-state index contributed by atoms with van der Waals surface area (Å²) < 4.78 is 4.93. The van der Waals surface area contributed by atoms with Crippen molar-refractivity contribution in [2.75, 3.05) is 13.7 Å². The number of rotatable bonds is 4. The van der Waals surface area contributed by atoms with Crippen molar-refractivity contribution in [1.82, 2.24) is 4.98 Å². The zero-order valence-electron chi connectivity index (χ0n) is 7.09. The second-order valence-electron chi connectivity index (χ2n) is 2.56. The van der Waals surface area contributed by atoms with Gasteiger partial charge in [-0.25, -0.2) is 0 Å². The predicted octanol–water partition coefficient (Wildman–Crippen LogP) is 2.31. The van der Waals surface area contributed by atoms with Gasteiger partial charge in [-0.2, -0.15) is 0 Å². The SMILES string of the molecule is COCCCc1cc(Cl)ccn1. The molecule has 1 heterocycles. The van der Waals surface area contributed by atoms with Crippen LogP contribution in [0.25, 0.3) is 0 Å². The summed E-state index contributed by atoms with van der Waals surface area (Å²) in [6, 6.07) is 3.67. The molecule has 0 saturated carbocycles. The molecule has 1 aromatic heterocycles. The maximum atomic E-state index is 5.79. The van der Waals surface area contributed by atoms with E-state index in [1.165, 1.54) is 0 Å². The van der Waals surface area contributed by atoms with Gasteiger partial charge in [0.05, 0.1) is 0 Å². The topological polar surface area (TPSA) is 22.1 Å². The van der Waals surface area contributed by atoms with Crippen molar-refractivity contribution < 1.29 is 4.74 Å². The number of methoxy groups -OCH3 is 1. The van der Waals surface area contributed by atoms with Gasteiger partial charge in [-0.3, -0.25) is 4.98 Å². The van der Waals surface area contributed by atoms with Crippen LogP contribution in [0.2, 0.25) is 5.02 Å². The smallest absolute Gasteiger partial charge is 0.0466 e. The summed E-state index contributed by atoms with van der Waals surface area (Å²) in [5, 5.41) is 0.748. The maximum Gasteiger partial charge on any atom is 0.0466 e. The first kappa shape index (κ1) is 9.49. The molecule has 1 aromatic rings. The fourth-order valence-corrected chi connectivity index (χ4v) is 1.17. The lowest BCUT2D eigenvalue weighted by Crippen LogP contribution is -1.94. The van der Waals surface area contributed by atoms with E-state index in [0.29, 0.717) is 0 Å². The number of aromatic nitrogens is 1. The van der Waals surface area contributed by atoms with Crippen LogP contribution in [0.4, 0.5) is 0 Å². The van der Waals surface area contributed by atoms with Crippen LogP contribution in [0.1, 0.15) is 12.1 Å². The van der Waals surface area contributed by atoms with Crippen LogP contribution < -0.4 is 0 Å². The van der Waals surface area contributed by atoms with Gasteiger partial charge in [-0.15, -0.1) is 0 Å². The lowest BCUT2D eigenvalue weighted by atomic mass is 10.2. The Morgan fingerprint density at radius 1 is 1.58 bits per heavy atom. The molecule has 0 aromatic carbocycles. The van der Waals surface area contributed by atoms with Gasteiger partial charge in [0.1, 0.15) is 0 Å². The van der Waals surface area contributed by atoms with E-state index in [-0.39, 0.29) is 0 Å². The first-order valence-electron chi connectivity index (χ1n) is 3.92. The van der Waals surface area contributed by atoms with E-state index < -0.39 is 0 Å². The summed E-state index contributed by atoms with van der Waals surface area (Å²) in [6.07, 6.45) is 3.64. The molecule has 0 spiro atoms. The van der Waals surface area contributed by atoms with Crippen LogP contribution in [0.5, 0.6) is 0 Å². The van der Waals surface area contributed by atoms with E-state index in [1.54, 1.807) is 19.4 Å². The molecule has 0 fully saturated rings. The third-order valence-electron chi connectivity index (χ3n) is 1.56. The molecule has 0 aliphatic carbocycles. The number of halogens is 1. The third-order valence-corrected chi connectivity index (χ3v) is 1.80. The first-order valence-corrected chi connectivity index (χ1v) is 4.30. The number of ether oxygens (including phenoxy) is 1. The lowest BCUT2D eigenvalue weighted by molar-refractivity contribution is 0.195. The Morgan fingerprint density at radius 2 is 2.42 bits per heavy atom. The Bertz CT molecular complexity index is 240. The van der Waals surface area contributed by atoms with Crippen LogP contribution in [0, 0.1) is 0 Å². The summed E-state index contributed by atoms with van der Waals surface area (Å²) in [7, 11) is 1.70. The van der Waals surface area contributed by atoms with E-state index >= 15 is 0 Å². The molecule has 2 nitrogen and oxygen atoms in total. The van der Waals surface area contributed by atoms with Crippen molar-refractivity contribution in [3.63, 3.8) is 0 Å². The maximum absolute atomic E-state index is 5.79. The minimum Gasteiger partial charge on any atom is -0.385 e. The van der Waals surface area contributed by atoms with Gasteiger partial charge in [-0.1, -0.05) is 11.6 Å².